The summed E-state index contributed by atoms with van der Waals surface area (Å²) in [4.78, 5) is 186. The van der Waals surface area contributed by atoms with Gasteiger partial charge in [-0.25, -0.2) is 4.79 Å². The van der Waals surface area contributed by atoms with Crippen LogP contribution in [-0.2, 0) is 92.8 Å². The fraction of sp³-hybridized carbons (Fsp3) is 0.406. The molecule has 0 aromatic heterocycles. The van der Waals surface area contributed by atoms with Crippen molar-refractivity contribution in [2.75, 3.05) is 32.8 Å². The third-order valence-electron chi connectivity index (χ3n) is 14.9. The number of aliphatic hydroxyl groups is 1. The molecule has 0 bridgehead atoms. The molecule has 5 rings (SSSR count). The van der Waals surface area contributed by atoms with Gasteiger partial charge in [0, 0.05) is 32.2 Å². The molecule has 1 saturated heterocycles. The number of rotatable bonds is 37. The largest absolute Gasteiger partial charge is 0.508 e. The summed E-state index contributed by atoms with van der Waals surface area (Å²) in [6, 6.07) is 14.0. The van der Waals surface area contributed by atoms with Gasteiger partial charge in [0.2, 0.25) is 65.0 Å². The lowest BCUT2D eigenvalue weighted by atomic mass is 10.0. The average Bonchev–Trinajstić information content (AvgIpc) is 1.61. The van der Waals surface area contributed by atoms with Gasteiger partial charge in [0.1, 0.15) is 59.8 Å². The molecule has 96 heavy (non-hydrogen) atoms. The SMILES string of the molecule is CC(C)C[C@H](NC(=O)[C@@H](N)CC(=O)O)C(=O)N[C@@H](CO)C(=O)NCC(=O)NCC(=O)N[C@@H](Cc1ccc(O)cc1)C(=O)N1CCC[C@H]1C(=O)NCC(=O)N[C@@H](Cc1ccccc1)C(=O)N[C@@H](Cc1ccccc1)C(=O)N[C@@H](CC(=O)O)C(=O)N[C@@H](Cc1ccc(O)cc1)C(=O)O. The maximum atomic E-state index is 14.4. The van der Waals surface area contributed by atoms with Crippen molar-refractivity contribution in [2.24, 2.45) is 11.7 Å². The van der Waals surface area contributed by atoms with E-state index < -0.39 is 176 Å². The highest BCUT2D eigenvalue weighted by Crippen LogP contribution is 2.21. The number of phenolic OH excluding ortho intramolecular Hbond substituents is 2. The topological polar surface area (TPSA) is 510 Å². The summed E-state index contributed by atoms with van der Waals surface area (Å²) in [5.41, 5.74) is 7.49. The van der Waals surface area contributed by atoms with Crippen LogP contribution in [0.25, 0.3) is 0 Å². The van der Waals surface area contributed by atoms with Gasteiger partial charge >= 0.3 is 17.9 Å². The molecule has 4 aromatic carbocycles. The van der Waals surface area contributed by atoms with Crippen molar-refractivity contribution >= 4 is 82.9 Å². The van der Waals surface area contributed by atoms with Crippen LogP contribution < -0.4 is 58.9 Å². The van der Waals surface area contributed by atoms with Gasteiger partial charge in [-0.1, -0.05) is 98.8 Å². The number of nitrogens with zero attached hydrogens (tertiary/aromatic N) is 1. The number of aliphatic carboxylic acids is 3. The van der Waals surface area contributed by atoms with Crippen LogP contribution in [-0.4, -0.2) is 206 Å². The molecule has 0 radical (unpaired) electrons. The van der Waals surface area contributed by atoms with E-state index in [1.165, 1.54) is 53.4 Å². The molecule has 11 amide bonds. The summed E-state index contributed by atoms with van der Waals surface area (Å²) in [7, 11) is 0. The predicted molar refractivity (Wildman–Crippen MR) is 338 cm³/mol. The molecule has 1 aliphatic rings. The number of aliphatic hydroxyl groups excluding tert-OH is 1. The number of hydrogen-bond acceptors (Lipinski definition) is 18. The number of phenols is 2. The van der Waals surface area contributed by atoms with E-state index in [0.29, 0.717) is 28.7 Å². The Morgan fingerprint density at radius 3 is 1.39 bits per heavy atom. The van der Waals surface area contributed by atoms with Crippen LogP contribution in [0.1, 0.15) is 68.2 Å². The molecule has 0 spiro atoms. The van der Waals surface area contributed by atoms with Crippen molar-refractivity contribution in [3.63, 3.8) is 0 Å². The first kappa shape index (κ1) is 75.7. The molecule has 1 heterocycles. The standard InChI is InChI=1S/C64H80N12O20/c1-35(2)24-43(71-56(87)42(65)29-54(83)84)58(89)75-49(34-77)57(88)67-31-51(80)66-32-52(81)70-47(27-38-15-19-40(78)20-16-38)63(94)76-23-9-14-50(76)62(93)68-33-53(82)69-44(25-36-10-5-3-6-11-36)59(90)72-45(26-37-12-7-4-8-13-37)60(91)73-46(30-55(85)86)61(92)74-48(64(95)96)28-39-17-21-41(79)22-18-39/h3-8,10-13,15-22,35,42-50,77-79H,9,14,23-34,65H2,1-2H3,(H,66,80)(H,67,88)(H,68,93)(H,69,82)(H,70,81)(H,71,87)(H,72,90)(H,73,91)(H,74,92)(H,75,89)(H,83,84)(H,85,86)(H,95,96)/t42-,43-,44-,45-,46-,47-,48-,49-,50-/m0/s1. The van der Waals surface area contributed by atoms with Crippen LogP contribution in [0.2, 0.25) is 0 Å². The summed E-state index contributed by atoms with van der Waals surface area (Å²) in [5.74, 6) is -15.3. The molecule has 0 saturated carbocycles. The van der Waals surface area contributed by atoms with Gasteiger partial charge in [-0.2, -0.15) is 0 Å². The summed E-state index contributed by atoms with van der Waals surface area (Å²) in [6.07, 6.45) is -2.24. The summed E-state index contributed by atoms with van der Waals surface area (Å²) in [5, 5.41) is 82.2. The van der Waals surface area contributed by atoms with Gasteiger partial charge < -0.3 is 94.4 Å². The van der Waals surface area contributed by atoms with Gasteiger partial charge in [0.05, 0.1) is 45.1 Å². The molecule has 18 N–H and O–H groups in total. The first-order chi connectivity index (χ1) is 45.6. The molecule has 0 aliphatic carbocycles. The van der Waals surface area contributed by atoms with Gasteiger partial charge in [-0.05, 0) is 71.7 Å². The van der Waals surface area contributed by atoms with E-state index in [9.17, 15) is 92.7 Å². The summed E-state index contributed by atoms with van der Waals surface area (Å²) in [6.45, 7) is 0.181. The number of carboxylic acids is 3. The third-order valence-corrected chi connectivity index (χ3v) is 14.9. The van der Waals surface area contributed by atoms with Crippen molar-refractivity contribution in [1.82, 2.24) is 58.1 Å². The number of nitrogens with two attached hydrogens (primary N) is 1. The Morgan fingerprint density at radius 2 is 0.875 bits per heavy atom. The molecule has 0 unspecified atom stereocenters. The Kier molecular flexibility index (Phi) is 29.7. The number of amides is 11. The second kappa shape index (κ2) is 37.6. The fourth-order valence-corrected chi connectivity index (χ4v) is 9.99. The number of carbonyl (C=O) groups excluding carboxylic acids is 11. The monoisotopic (exact) mass is 1340 g/mol. The van der Waals surface area contributed by atoms with Crippen molar-refractivity contribution < 1.29 is 97.8 Å². The Hall–Kier alpha value is -11.0. The van der Waals surface area contributed by atoms with E-state index in [2.05, 4.69) is 53.2 Å². The smallest absolute Gasteiger partial charge is 0.326 e. The minimum atomic E-state index is -1.87. The van der Waals surface area contributed by atoms with E-state index >= 15 is 0 Å². The van der Waals surface area contributed by atoms with Crippen molar-refractivity contribution in [3.8, 4) is 11.5 Å². The lowest BCUT2D eigenvalue weighted by Crippen LogP contribution is -2.59. The van der Waals surface area contributed by atoms with Crippen LogP contribution >= 0.6 is 0 Å². The van der Waals surface area contributed by atoms with Crippen LogP contribution in [0.4, 0.5) is 0 Å². The van der Waals surface area contributed by atoms with E-state index in [1.807, 2.05) is 0 Å². The molecule has 9 atom stereocenters. The van der Waals surface area contributed by atoms with Crippen molar-refractivity contribution in [3.05, 3.63) is 131 Å². The van der Waals surface area contributed by atoms with Crippen LogP contribution in [0, 0.1) is 5.92 Å². The Morgan fingerprint density at radius 1 is 0.458 bits per heavy atom. The van der Waals surface area contributed by atoms with Gasteiger partial charge in [-0.3, -0.25) is 62.3 Å². The minimum Gasteiger partial charge on any atom is -0.508 e. The zero-order valence-corrected chi connectivity index (χ0v) is 52.5. The number of aromatic hydroxyl groups is 2. The van der Waals surface area contributed by atoms with E-state index in [0.717, 1.165) is 0 Å². The number of carbonyl (C=O) groups is 14. The first-order valence-corrected chi connectivity index (χ1v) is 30.5. The molecule has 1 aliphatic heterocycles. The lowest BCUT2D eigenvalue weighted by molar-refractivity contribution is -0.143. The second-order valence-corrected chi connectivity index (χ2v) is 23.0. The number of nitrogens with one attached hydrogen (secondary N) is 10. The molecule has 1 fully saturated rings. The predicted octanol–water partition coefficient (Wildman–Crippen LogP) is -3.50. The van der Waals surface area contributed by atoms with Crippen molar-refractivity contribution in [1.29, 1.82) is 0 Å². The van der Waals surface area contributed by atoms with E-state index in [1.54, 1.807) is 74.5 Å². The molecule has 32 nitrogen and oxygen atoms in total. The van der Waals surface area contributed by atoms with Gasteiger partial charge in [0.25, 0.3) is 0 Å². The highest BCUT2D eigenvalue weighted by atomic mass is 16.4. The number of carboxylic acid groups (broad SMARTS) is 3. The van der Waals surface area contributed by atoms with Gasteiger partial charge in [-0.15, -0.1) is 0 Å². The molecule has 516 valence electrons. The number of hydrogen-bond donors (Lipinski definition) is 17. The fourth-order valence-electron chi connectivity index (χ4n) is 9.99. The van der Waals surface area contributed by atoms with E-state index in [4.69, 9.17) is 10.8 Å². The quantitative estimate of drug-likeness (QED) is 0.0208. The number of likely N-dealkylation sites (tertiary alicyclic amines) is 1. The summed E-state index contributed by atoms with van der Waals surface area (Å²) < 4.78 is 0. The molecular formula is C64H80N12O20. The highest BCUT2D eigenvalue weighted by molar-refractivity contribution is 5.99. The van der Waals surface area contributed by atoms with Crippen LogP contribution in [0.3, 0.4) is 0 Å². The second-order valence-electron chi connectivity index (χ2n) is 23.0. The molecule has 4 aromatic rings. The minimum absolute atomic E-state index is 0.00735. The third kappa shape index (κ3) is 25.5. The molecular weight excluding hydrogens is 1260 g/mol. The highest BCUT2D eigenvalue weighted by Gasteiger charge is 2.39. The van der Waals surface area contributed by atoms with Crippen molar-refractivity contribution in [2.45, 2.75) is 126 Å². The lowest BCUT2D eigenvalue weighted by Gasteiger charge is -2.29. The van der Waals surface area contributed by atoms with Gasteiger partial charge in [0.15, 0.2) is 0 Å². The van der Waals surface area contributed by atoms with Crippen LogP contribution in [0.15, 0.2) is 109 Å². The summed E-state index contributed by atoms with van der Waals surface area (Å²) >= 11 is 0. The Bertz CT molecular complexity index is 3400. The Balaban J connectivity index is 1.23. The zero-order chi connectivity index (χ0) is 70.6. The number of benzene rings is 4. The Labute approximate surface area is 550 Å². The van der Waals surface area contributed by atoms with Crippen LogP contribution in [0.5, 0.6) is 11.5 Å². The zero-order valence-electron chi connectivity index (χ0n) is 52.5. The average molecular weight is 1340 g/mol. The maximum absolute atomic E-state index is 14.4. The van der Waals surface area contributed by atoms with E-state index in [-0.39, 0.29) is 62.5 Å². The normalized spacial score (nSPS) is 15.0. The molecule has 32 heteroatoms. The first-order valence-electron chi connectivity index (χ1n) is 30.5. The maximum Gasteiger partial charge on any atom is 0.326 e.